The zero-order valence-electron chi connectivity index (χ0n) is 30.9. The molecule has 46 heavy (non-hydrogen) atoms. The van der Waals surface area contributed by atoms with Gasteiger partial charge in [0.2, 0.25) is 0 Å². The number of halogens is 2. The second kappa shape index (κ2) is 22.5. The van der Waals surface area contributed by atoms with Crippen LogP contribution in [0.15, 0.2) is 30.3 Å². The van der Waals surface area contributed by atoms with Gasteiger partial charge < -0.3 is 0 Å². The van der Waals surface area contributed by atoms with Crippen molar-refractivity contribution in [2.24, 2.45) is 0 Å². The molecule has 4 aliphatic carbocycles. The molecule has 0 nitrogen and oxygen atoms in total. The van der Waals surface area contributed by atoms with Crippen LogP contribution in [0.5, 0.6) is 0 Å². The summed E-state index contributed by atoms with van der Waals surface area (Å²) in [6.07, 6.45) is 31.4. The quantitative estimate of drug-likeness (QED) is 0.172. The zero-order chi connectivity index (χ0) is 33.4. The summed E-state index contributed by atoms with van der Waals surface area (Å²) in [7, 11) is 9.56. The first kappa shape index (κ1) is 42.0. The second-order valence-corrected chi connectivity index (χ2v) is 42.0. The Labute approximate surface area is 305 Å². The SMILES string of the molecule is C[Si](C)(C)C[PH+](C1CCCCC1)C1CCCCC1.C[Si](C)(C)C[PH+](C1CCCCC1)C1CCCCC1.[Cl][Ru]([Cl])=[CH]c1ccccc1. The van der Waals surface area contributed by atoms with Crippen LogP contribution < -0.4 is 0 Å². The zero-order valence-corrected chi connectivity index (χ0v) is 38.2. The Hall–Kier alpha value is 1.59. The summed E-state index contributed by atoms with van der Waals surface area (Å²) in [4.78, 5) is 0. The maximum atomic E-state index is 5.67. The molecule has 0 heterocycles. The summed E-state index contributed by atoms with van der Waals surface area (Å²) in [5, 5.41) is 0. The van der Waals surface area contributed by atoms with Crippen LogP contribution in [-0.2, 0) is 13.5 Å². The van der Waals surface area contributed by atoms with E-state index in [1.807, 2.05) is 34.9 Å². The summed E-state index contributed by atoms with van der Waals surface area (Å²) in [6, 6.07) is 9.89. The van der Waals surface area contributed by atoms with E-state index in [9.17, 15) is 0 Å². The Morgan fingerprint density at radius 2 is 0.804 bits per heavy atom. The van der Waals surface area contributed by atoms with Gasteiger partial charge in [0.1, 0.15) is 0 Å². The molecular weight excluding hydrogens is 759 g/mol. The van der Waals surface area contributed by atoms with Gasteiger partial charge >= 0.3 is 73.4 Å². The van der Waals surface area contributed by atoms with Crippen LogP contribution in [0.2, 0.25) is 39.3 Å². The summed E-state index contributed by atoms with van der Waals surface area (Å²) >= 11 is -1.61. The van der Waals surface area contributed by atoms with Crippen molar-refractivity contribution in [3.05, 3.63) is 35.9 Å². The molecule has 7 heteroatoms. The fourth-order valence-electron chi connectivity index (χ4n) is 8.97. The second-order valence-electron chi connectivity index (χ2n) is 17.7. The molecule has 1 aromatic rings. The van der Waals surface area contributed by atoms with Crippen molar-refractivity contribution >= 4 is 56.0 Å². The van der Waals surface area contributed by atoms with Crippen molar-refractivity contribution in [3.8, 4) is 0 Å². The van der Waals surface area contributed by atoms with Crippen LogP contribution >= 0.6 is 35.2 Å². The van der Waals surface area contributed by atoms with Crippen molar-refractivity contribution in [1.82, 2.24) is 0 Å². The van der Waals surface area contributed by atoms with Gasteiger partial charge in [0, 0.05) is 27.4 Å². The molecule has 0 aliphatic heterocycles. The van der Waals surface area contributed by atoms with E-state index in [1.165, 1.54) is 48.3 Å². The van der Waals surface area contributed by atoms with Crippen LogP contribution in [0.25, 0.3) is 0 Å². The van der Waals surface area contributed by atoms with Gasteiger partial charge in [-0.25, -0.2) is 0 Å². The van der Waals surface area contributed by atoms with Crippen molar-refractivity contribution < 1.29 is 13.5 Å². The van der Waals surface area contributed by atoms with Crippen LogP contribution in [-0.4, -0.2) is 55.0 Å². The van der Waals surface area contributed by atoms with E-state index < -0.39 is 29.7 Å². The van der Waals surface area contributed by atoms with Gasteiger partial charge in [-0.2, -0.15) is 0 Å². The van der Waals surface area contributed by atoms with Crippen LogP contribution in [0.3, 0.4) is 0 Å². The minimum atomic E-state index is -1.61. The van der Waals surface area contributed by atoms with Gasteiger partial charge in [-0.05, 0) is 103 Å². The van der Waals surface area contributed by atoms with E-state index in [2.05, 4.69) is 39.3 Å². The number of hydrogen-bond acceptors (Lipinski definition) is 0. The molecular formula is C39H74Cl2P2RuSi2+2. The average molecular weight is 833 g/mol. The molecule has 4 fully saturated rings. The first-order valence-corrected chi connectivity index (χ1v) is 36.1. The molecule has 268 valence electrons. The molecule has 0 aromatic heterocycles. The van der Waals surface area contributed by atoms with E-state index in [1.54, 1.807) is 114 Å². The summed E-state index contributed by atoms with van der Waals surface area (Å²) in [5.41, 5.74) is 5.94. The van der Waals surface area contributed by atoms with Crippen molar-refractivity contribution in [2.75, 3.05) is 11.6 Å². The van der Waals surface area contributed by atoms with Crippen LogP contribution in [0.4, 0.5) is 0 Å². The molecule has 0 bridgehead atoms. The van der Waals surface area contributed by atoms with Gasteiger partial charge in [0.05, 0.1) is 38.8 Å². The first-order valence-electron chi connectivity index (χ1n) is 19.5. The fraction of sp³-hybridized carbons (Fsp3) is 0.821. The van der Waals surface area contributed by atoms with Crippen molar-refractivity contribution in [3.63, 3.8) is 0 Å². The van der Waals surface area contributed by atoms with Gasteiger partial charge in [-0.3, -0.25) is 0 Å². The molecule has 0 unspecified atom stereocenters. The molecule has 5 rings (SSSR count). The third-order valence-corrected chi connectivity index (χ3v) is 31.1. The molecule has 1 aromatic carbocycles. The predicted molar refractivity (Wildman–Crippen MR) is 224 cm³/mol. The predicted octanol–water partition coefficient (Wildman–Crippen LogP) is 14.2. The van der Waals surface area contributed by atoms with Gasteiger partial charge in [-0.15, -0.1) is 0 Å². The number of benzene rings is 1. The topological polar surface area (TPSA) is 0 Å². The van der Waals surface area contributed by atoms with Gasteiger partial charge in [0.15, 0.2) is 0 Å². The summed E-state index contributed by atoms with van der Waals surface area (Å²) < 4.78 is 1.92. The summed E-state index contributed by atoms with van der Waals surface area (Å²) in [5.74, 6) is 3.43. The third-order valence-electron chi connectivity index (χ3n) is 11.0. The van der Waals surface area contributed by atoms with Crippen molar-refractivity contribution in [1.29, 1.82) is 0 Å². The Morgan fingerprint density at radius 3 is 1.04 bits per heavy atom. The Kier molecular flexibility index (Phi) is 20.6. The Morgan fingerprint density at radius 1 is 0.522 bits per heavy atom. The number of hydrogen-bond donors (Lipinski definition) is 0. The van der Waals surface area contributed by atoms with E-state index in [4.69, 9.17) is 19.4 Å². The normalized spacial score (nSPS) is 21.7. The Bertz CT molecular complexity index is 864. The fourth-order valence-corrected chi connectivity index (χ4v) is 31.1. The summed E-state index contributed by atoms with van der Waals surface area (Å²) in [6.45, 7) is 15.7. The standard InChI is InChI=1S/2C16H33PSi.C7H6.2ClH.Ru/c2*1-18(2,3)14-17(15-10-6-4-7-11-15)16-12-8-5-9-13-16;1-7-5-3-2-4-6-7;;;/h2*15-16H,4-14H2,1-3H3;1-6H;2*1H;/q;;;;;+2. The molecule has 0 saturated heterocycles. The average Bonchev–Trinajstić information content (AvgIpc) is 3.04. The molecule has 0 amide bonds. The molecule has 0 radical (unpaired) electrons. The van der Waals surface area contributed by atoms with Crippen LogP contribution in [0, 0.1) is 0 Å². The van der Waals surface area contributed by atoms with E-state index in [0.717, 1.165) is 5.56 Å². The molecule has 4 saturated carbocycles. The van der Waals surface area contributed by atoms with Gasteiger partial charge in [0.25, 0.3) is 0 Å². The Balaban J connectivity index is 0.000000196. The van der Waals surface area contributed by atoms with E-state index in [-0.39, 0.29) is 15.8 Å². The van der Waals surface area contributed by atoms with E-state index in [0.29, 0.717) is 0 Å². The maximum absolute atomic E-state index is 5.67. The molecule has 0 atom stereocenters. The van der Waals surface area contributed by atoms with Gasteiger partial charge in [-0.1, -0.05) is 65.0 Å². The molecule has 0 spiro atoms. The van der Waals surface area contributed by atoms with Crippen molar-refractivity contribution in [2.45, 2.75) is 190 Å². The monoisotopic (exact) mass is 832 g/mol. The van der Waals surface area contributed by atoms with Crippen LogP contribution in [0.1, 0.15) is 134 Å². The number of rotatable bonds is 9. The molecule has 0 N–H and O–H groups in total. The third kappa shape index (κ3) is 17.7. The molecule has 4 aliphatic rings. The van der Waals surface area contributed by atoms with E-state index >= 15 is 0 Å². The first-order chi connectivity index (χ1) is 21.9. The minimum absolute atomic E-state index is 0.0416.